The second-order valence-electron chi connectivity index (χ2n) is 8.05. The van der Waals surface area contributed by atoms with E-state index in [2.05, 4.69) is 16.7 Å². The lowest BCUT2D eigenvalue weighted by Crippen LogP contribution is -2.40. The van der Waals surface area contributed by atoms with Gasteiger partial charge in [-0.15, -0.1) is 0 Å². The molecular weight excluding hydrogens is 414 g/mol. The molecule has 2 aromatic carbocycles. The SMILES string of the molecule is CC(Nc1cccc2c1CCCC2)C(=O)Nc1cccc(S(=O)(=O)N2CCOCC2)c1. The fourth-order valence-electron chi connectivity index (χ4n) is 4.14. The third-order valence-electron chi connectivity index (χ3n) is 5.87. The molecular formula is C23H29N3O4S. The van der Waals surface area contributed by atoms with Crippen LogP contribution in [0.15, 0.2) is 47.4 Å². The van der Waals surface area contributed by atoms with Crippen molar-refractivity contribution in [2.45, 2.75) is 43.5 Å². The first-order valence-corrected chi connectivity index (χ1v) is 12.3. The monoisotopic (exact) mass is 443 g/mol. The number of hydrogen-bond acceptors (Lipinski definition) is 5. The van der Waals surface area contributed by atoms with E-state index in [0.717, 1.165) is 24.9 Å². The van der Waals surface area contributed by atoms with Crippen LogP contribution >= 0.6 is 0 Å². The van der Waals surface area contributed by atoms with Gasteiger partial charge in [-0.2, -0.15) is 4.31 Å². The zero-order valence-electron chi connectivity index (χ0n) is 17.8. The first kappa shape index (κ1) is 21.8. The van der Waals surface area contributed by atoms with Crippen molar-refractivity contribution < 1.29 is 17.9 Å². The van der Waals surface area contributed by atoms with Gasteiger partial charge in [0.05, 0.1) is 18.1 Å². The van der Waals surface area contributed by atoms with Crippen LogP contribution in [-0.4, -0.2) is 51.0 Å². The van der Waals surface area contributed by atoms with Crippen LogP contribution in [0.25, 0.3) is 0 Å². The number of morpholine rings is 1. The summed E-state index contributed by atoms with van der Waals surface area (Å²) in [6.45, 7) is 3.26. The fourth-order valence-corrected chi connectivity index (χ4v) is 5.59. The first-order chi connectivity index (χ1) is 14.9. The summed E-state index contributed by atoms with van der Waals surface area (Å²) < 4.78 is 32.4. The average molecular weight is 444 g/mol. The maximum atomic E-state index is 12.9. The lowest BCUT2D eigenvalue weighted by Gasteiger charge is -2.26. The lowest BCUT2D eigenvalue weighted by atomic mass is 9.90. The smallest absolute Gasteiger partial charge is 0.246 e. The van der Waals surface area contributed by atoms with E-state index in [9.17, 15) is 13.2 Å². The minimum absolute atomic E-state index is 0.171. The van der Waals surface area contributed by atoms with Crippen molar-refractivity contribution in [1.29, 1.82) is 0 Å². The molecule has 1 atom stereocenters. The number of nitrogens with zero attached hydrogens (tertiary/aromatic N) is 1. The Morgan fingerprint density at radius 2 is 1.81 bits per heavy atom. The predicted octanol–water partition coefficient (Wildman–Crippen LogP) is 3.03. The van der Waals surface area contributed by atoms with Crippen LogP contribution in [0.5, 0.6) is 0 Å². The van der Waals surface area contributed by atoms with Crippen LogP contribution in [0.4, 0.5) is 11.4 Å². The summed E-state index contributed by atoms with van der Waals surface area (Å²) in [4.78, 5) is 13.0. The molecule has 0 aromatic heterocycles. The third kappa shape index (κ3) is 4.92. The van der Waals surface area contributed by atoms with Gasteiger partial charge in [0, 0.05) is 24.5 Å². The molecule has 1 saturated heterocycles. The van der Waals surface area contributed by atoms with Crippen molar-refractivity contribution in [2.24, 2.45) is 0 Å². The second kappa shape index (κ2) is 9.38. The van der Waals surface area contributed by atoms with Crippen molar-refractivity contribution >= 4 is 27.3 Å². The Balaban J connectivity index is 1.45. The fraction of sp³-hybridized carbons (Fsp3) is 0.435. The Bertz CT molecular complexity index is 1050. The first-order valence-electron chi connectivity index (χ1n) is 10.8. The molecule has 1 amide bonds. The molecule has 1 unspecified atom stereocenters. The topological polar surface area (TPSA) is 87.7 Å². The number of nitrogens with one attached hydrogen (secondary N) is 2. The molecule has 4 rings (SSSR count). The highest BCUT2D eigenvalue weighted by Gasteiger charge is 2.26. The number of sulfonamides is 1. The lowest BCUT2D eigenvalue weighted by molar-refractivity contribution is -0.116. The number of rotatable bonds is 6. The number of fused-ring (bicyclic) bond motifs is 1. The van der Waals surface area contributed by atoms with Crippen LogP contribution < -0.4 is 10.6 Å². The Labute approximate surface area is 183 Å². The average Bonchev–Trinajstić information content (AvgIpc) is 2.80. The van der Waals surface area contributed by atoms with Gasteiger partial charge in [-0.3, -0.25) is 4.79 Å². The zero-order chi connectivity index (χ0) is 21.8. The van der Waals surface area contributed by atoms with E-state index in [1.54, 1.807) is 18.2 Å². The van der Waals surface area contributed by atoms with Crippen molar-refractivity contribution in [2.75, 3.05) is 36.9 Å². The molecule has 1 heterocycles. The largest absolute Gasteiger partial charge is 0.379 e. The summed E-state index contributed by atoms with van der Waals surface area (Å²) in [6, 6.07) is 12.2. The highest BCUT2D eigenvalue weighted by atomic mass is 32.2. The maximum Gasteiger partial charge on any atom is 0.246 e. The van der Waals surface area contributed by atoms with Gasteiger partial charge in [-0.25, -0.2) is 8.42 Å². The van der Waals surface area contributed by atoms with Crippen LogP contribution in [0.1, 0.15) is 30.9 Å². The van der Waals surface area contributed by atoms with Crippen molar-refractivity contribution in [3.05, 3.63) is 53.6 Å². The number of hydrogen-bond donors (Lipinski definition) is 2. The molecule has 7 nitrogen and oxygen atoms in total. The number of aryl methyl sites for hydroxylation is 1. The Morgan fingerprint density at radius 3 is 2.61 bits per heavy atom. The van der Waals surface area contributed by atoms with Gasteiger partial charge in [0.1, 0.15) is 6.04 Å². The number of carbonyl (C=O) groups excluding carboxylic acids is 1. The van der Waals surface area contributed by atoms with E-state index < -0.39 is 16.1 Å². The molecule has 166 valence electrons. The number of ether oxygens (including phenoxy) is 1. The number of amides is 1. The zero-order valence-corrected chi connectivity index (χ0v) is 18.6. The summed E-state index contributed by atoms with van der Waals surface area (Å²) in [5.41, 5.74) is 4.11. The molecule has 0 saturated carbocycles. The molecule has 2 N–H and O–H groups in total. The van der Waals surface area contributed by atoms with Crippen LogP contribution in [-0.2, 0) is 32.4 Å². The van der Waals surface area contributed by atoms with Crippen LogP contribution in [0.3, 0.4) is 0 Å². The van der Waals surface area contributed by atoms with Gasteiger partial charge < -0.3 is 15.4 Å². The summed E-state index contributed by atoms with van der Waals surface area (Å²) in [5, 5.41) is 6.18. The van der Waals surface area contributed by atoms with E-state index >= 15 is 0 Å². The van der Waals surface area contributed by atoms with Gasteiger partial charge in [-0.05, 0) is 68.0 Å². The van der Waals surface area contributed by atoms with Crippen LogP contribution in [0.2, 0.25) is 0 Å². The predicted molar refractivity (Wildman–Crippen MR) is 121 cm³/mol. The molecule has 0 bridgehead atoms. The van der Waals surface area contributed by atoms with E-state index in [1.165, 1.54) is 27.9 Å². The highest BCUT2D eigenvalue weighted by molar-refractivity contribution is 7.89. The second-order valence-corrected chi connectivity index (χ2v) is 9.99. The normalized spacial score (nSPS) is 18.1. The molecule has 2 aliphatic rings. The number of anilines is 2. The van der Waals surface area contributed by atoms with Crippen molar-refractivity contribution in [3.63, 3.8) is 0 Å². The maximum absolute atomic E-state index is 12.9. The number of carbonyl (C=O) groups is 1. The molecule has 31 heavy (non-hydrogen) atoms. The van der Waals surface area contributed by atoms with E-state index in [-0.39, 0.29) is 10.8 Å². The van der Waals surface area contributed by atoms with E-state index in [0.29, 0.717) is 32.0 Å². The van der Waals surface area contributed by atoms with E-state index in [4.69, 9.17) is 4.74 Å². The molecule has 0 spiro atoms. The summed E-state index contributed by atoms with van der Waals surface area (Å²) in [7, 11) is -3.61. The van der Waals surface area contributed by atoms with E-state index in [1.807, 2.05) is 19.1 Å². The molecule has 8 heteroatoms. The third-order valence-corrected chi connectivity index (χ3v) is 7.77. The number of benzene rings is 2. The Kier molecular flexibility index (Phi) is 6.60. The van der Waals surface area contributed by atoms with Gasteiger partial charge in [0.15, 0.2) is 0 Å². The minimum atomic E-state index is -3.61. The summed E-state index contributed by atoms with van der Waals surface area (Å²) in [6.07, 6.45) is 4.47. The quantitative estimate of drug-likeness (QED) is 0.717. The molecule has 2 aromatic rings. The highest BCUT2D eigenvalue weighted by Crippen LogP contribution is 2.28. The van der Waals surface area contributed by atoms with Crippen molar-refractivity contribution in [3.8, 4) is 0 Å². The standard InChI is InChI=1S/C23H29N3O4S/c1-17(24-22-11-4-7-18-6-2-3-10-21(18)22)23(27)25-19-8-5-9-20(16-19)31(28,29)26-12-14-30-15-13-26/h4-5,7-9,11,16-17,24H,2-3,6,10,12-15H2,1H3,(H,25,27). The minimum Gasteiger partial charge on any atom is -0.379 e. The van der Waals surface area contributed by atoms with Gasteiger partial charge >= 0.3 is 0 Å². The molecule has 1 fully saturated rings. The molecule has 1 aliphatic heterocycles. The van der Waals surface area contributed by atoms with Gasteiger partial charge in [-0.1, -0.05) is 18.2 Å². The van der Waals surface area contributed by atoms with Crippen molar-refractivity contribution in [1.82, 2.24) is 4.31 Å². The Hall–Kier alpha value is -2.42. The summed E-state index contributed by atoms with van der Waals surface area (Å²) in [5.74, 6) is -0.214. The summed E-state index contributed by atoms with van der Waals surface area (Å²) >= 11 is 0. The molecule has 0 radical (unpaired) electrons. The van der Waals surface area contributed by atoms with Gasteiger partial charge in [0.2, 0.25) is 15.9 Å². The van der Waals surface area contributed by atoms with Crippen LogP contribution in [0, 0.1) is 0 Å². The van der Waals surface area contributed by atoms with Gasteiger partial charge in [0.25, 0.3) is 0 Å². The Morgan fingerprint density at radius 1 is 1.06 bits per heavy atom. The molecule has 1 aliphatic carbocycles.